The van der Waals surface area contributed by atoms with Gasteiger partial charge in [0.1, 0.15) is 0 Å². The van der Waals surface area contributed by atoms with Crippen LogP contribution < -0.4 is 0 Å². The molecule has 0 amide bonds. The molecule has 1 radical (unpaired) electrons. The van der Waals surface area contributed by atoms with Crippen molar-refractivity contribution in [2.75, 3.05) is 0 Å². The maximum atomic E-state index is 8.74. The molecule has 43 valence electrons. The van der Waals surface area contributed by atoms with E-state index in [1.165, 1.54) is 0 Å². The van der Waals surface area contributed by atoms with Gasteiger partial charge in [0.15, 0.2) is 0 Å². The van der Waals surface area contributed by atoms with Gasteiger partial charge in [0.05, 0.1) is 0 Å². The van der Waals surface area contributed by atoms with Crippen LogP contribution in [0.15, 0.2) is 0 Å². The van der Waals surface area contributed by atoms with E-state index in [4.69, 9.17) is 17.5 Å². The summed E-state index contributed by atoms with van der Waals surface area (Å²) in [5, 5.41) is 0. The predicted molar refractivity (Wildman–Crippen MR) is 17.8 cm³/mol. The first-order chi connectivity index (χ1) is 2.00. The van der Waals surface area contributed by atoms with Crippen LogP contribution in [0, 0.1) is 41.3 Å². The summed E-state index contributed by atoms with van der Waals surface area (Å²) in [6.45, 7) is 0. The van der Waals surface area contributed by atoms with E-state index in [1.54, 1.807) is 0 Å². The van der Waals surface area contributed by atoms with Crippen molar-refractivity contribution in [3.8, 4) is 0 Å². The molecule has 7 heavy (non-hydrogen) atoms. The van der Waals surface area contributed by atoms with E-state index < -0.39 is 10.4 Å². The summed E-state index contributed by atoms with van der Waals surface area (Å²) in [5.74, 6) is 0. The Hall–Kier alpha value is 1.19. The molecule has 0 unspecified atom stereocenters. The van der Waals surface area contributed by atoms with Gasteiger partial charge in [-0.1, -0.05) is 0 Å². The minimum absolute atomic E-state index is 0. The fourth-order valence-corrected chi connectivity index (χ4v) is 0. The standard InChI is InChI=1S/H2O4S.H2O.Pr/c1-5(2,3)4;;/h(H2,1,2,3,4);1H2;. The Kier molecular flexibility index (Phi) is 12.0. The Labute approximate surface area is 73.9 Å². The fraction of sp³-hybridized carbons (Fsp3) is 0. The molecule has 0 aromatic heterocycles. The normalized spacial score (nSPS) is 8.29. The summed E-state index contributed by atoms with van der Waals surface area (Å²) in [7, 11) is -4.67. The van der Waals surface area contributed by atoms with Crippen molar-refractivity contribution in [3.05, 3.63) is 0 Å². The molecule has 7 heteroatoms. The third kappa shape index (κ3) is 136. The van der Waals surface area contributed by atoms with Gasteiger partial charge in [-0.3, -0.25) is 9.11 Å². The van der Waals surface area contributed by atoms with Crippen molar-refractivity contribution in [2.24, 2.45) is 0 Å². The van der Waals surface area contributed by atoms with Gasteiger partial charge in [-0.15, -0.1) is 0 Å². The van der Waals surface area contributed by atoms with Crippen LogP contribution in [-0.4, -0.2) is 23.0 Å². The van der Waals surface area contributed by atoms with E-state index in [1.807, 2.05) is 0 Å². The average Bonchev–Trinajstić information content (AvgIpc) is 0.722. The van der Waals surface area contributed by atoms with Crippen molar-refractivity contribution in [1.82, 2.24) is 0 Å². The van der Waals surface area contributed by atoms with Crippen molar-refractivity contribution < 1.29 is 64.3 Å². The molecule has 0 fully saturated rings. The maximum Gasteiger partial charge on any atom is 0.394 e. The van der Waals surface area contributed by atoms with Crippen LogP contribution in [0.1, 0.15) is 0 Å². The first-order valence-electron chi connectivity index (χ1n) is 0.698. The fourth-order valence-electron chi connectivity index (χ4n) is 0. The summed E-state index contributed by atoms with van der Waals surface area (Å²) < 4.78 is 31.6. The molecule has 0 bridgehead atoms. The molecule has 0 aliphatic carbocycles. The zero-order chi connectivity index (χ0) is 4.50. The van der Waals surface area contributed by atoms with Crippen LogP contribution in [-0.2, 0) is 10.4 Å². The Bertz CT molecular complexity index is 91.2. The van der Waals surface area contributed by atoms with E-state index in [-0.39, 0.29) is 46.8 Å². The van der Waals surface area contributed by atoms with Crippen molar-refractivity contribution >= 4 is 10.4 Å². The number of rotatable bonds is 0. The van der Waals surface area contributed by atoms with E-state index >= 15 is 0 Å². The van der Waals surface area contributed by atoms with Crippen LogP contribution in [0.4, 0.5) is 0 Å². The van der Waals surface area contributed by atoms with Crippen molar-refractivity contribution in [2.45, 2.75) is 0 Å². The molecule has 0 saturated heterocycles. The summed E-state index contributed by atoms with van der Waals surface area (Å²) in [6, 6.07) is 0. The second kappa shape index (κ2) is 5.33. The molecule has 4 N–H and O–H groups in total. The molecule has 0 heterocycles. The minimum Gasteiger partial charge on any atom is -0.412 e. The monoisotopic (exact) mass is 257 g/mol. The summed E-state index contributed by atoms with van der Waals surface area (Å²) in [6.07, 6.45) is 0. The first-order valence-corrected chi connectivity index (χ1v) is 2.10. The summed E-state index contributed by atoms with van der Waals surface area (Å²) >= 11 is 0. The Balaban J connectivity index is -0.0000000800. The van der Waals surface area contributed by atoms with Crippen molar-refractivity contribution in [1.29, 1.82) is 0 Å². The molecule has 0 aliphatic heterocycles. The second-order valence-electron chi connectivity index (χ2n) is 0.448. The van der Waals surface area contributed by atoms with Gasteiger partial charge < -0.3 is 5.48 Å². The largest absolute Gasteiger partial charge is 0.412 e. The quantitative estimate of drug-likeness (QED) is 0.516. The Morgan fingerprint density at radius 1 is 1.14 bits per heavy atom. The van der Waals surface area contributed by atoms with Gasteiger partial charge in [0.25, 0.3) is 0 Å². The Morgan fingerprint density at radius 2 is 1.14 bits per heavy atom. The van der Waals surface area contributed by atoms with Crippen molar-refractivity contribution in [3.63, 3.8) is 0 Å². The van der Waals surface area contributed by atoms with Crippen LogP contribution in [0.2, 0.25) is 0 Å². The SMILES string of the molecule is O.O=S(=O)(O)O.[Pr]. The van der Waals surface area contributed by atoms with Gasteiger partial charge in [0, 0.05) is 41.3 Å². The van der Waals surface area contributed by atoms with Gasteiger partial charge >= 0.3 is 10.4 Å². The molecule has 0 rings (SSSR count). The van der Waals surface area contributed by atoms with E-state index in [2.05, 4.69) is 0 Å². The van der Waals surface area contributed by atoms with Crippen LogP contribution in [0.5, 0.6) is 0 Å². The van der Waals surface area contributed by atoms with Gasteiger partial charge in [-0.2, -0.15) is 8.42 Å². The molecular weight excluding hydrogens is 253 g/mol. The first kappa shape index (κ1) is 15.7. The molecule has 0 saturated carbocycles. The summed E-state index contributed by atoms with van der Waals surface area (Å²) in [4.78, 5) is 0. The average molecular weight is 257 g/mol. The topological polar surface area (TPSA) is 106 Å². The molecule has 0 atom stereocenters. The third-order valence-corrected chi connectivity index (χ3v) is 0. The molecule has 0 aromatic carbocycles. The van der Waals surface area contributed by atoms with E-state index in [9.17, 15) is 0 Å². The summed E-state index contributed by atoms with van der Waals surface area (Å²) in [5.41, 5.74) is 0. The van der Waals surface area contributed by atoms with Gasteiger partial charge in [-0.05, 0) is 0 Å². The molecular formula is H4O5PrS. The number of hydrogen-bond acceptors (Lipinski definition) is 2. The number of hydrogen-bond donors (Lipinski definition) is 2. The minimum atomic E-state index is -4.67. The van der Waals surface area contributed by atoms with Crippen LogP contribution >= 0.6 is 0 Å². The zero-order valence-corrected chi connectivity index (χ0v) is 7.72. The predicted octanol–water partition coefficient (Wildman–Crippen LogP) is -1.48. The van der Waals surface area contributed by atoms with Crippen LogP contribution in [0.3, 0.4) is 0 Å². The van der Waals surface area contributed by atoms with Gasteiger partial charge in [0.2, 0.25) is 0 Å². The van der Waals surface area contributed by atoms with E-state index in [0.29, 0.717) is 0 Å². The van der Waals surface area contributed by atoms with E-state index in [0.717, 1.165) is 0 Å². The molecule has 0 aliphatic rings. The molecule has 0 aromatic rings. The molecule has 5 nitrogen and oxygen atoms in total. The third-order valence-electron chi connectivity index (χ3n) is 0. The second-order valence-corrected chi connectivity index (χ2v) is 1.34. The van der Waals surface area contributed by atoms with Gasteiger partial charge in [-0.25, -0.2) is 0 Å². The zero-order valence-electron chi connectivity index (χ0n) is 3.20. The smallest absolute Gasteiger partial charge is 0.394 e. The van der Waals surface area contributed by atoms with Crippen LogP contribution in [0.25, 0.3) is 0 Å². The maximum absolute atomic E-state index is 8.74. The Morgan fingerprint density at radius 3 is 1.14 bits per heavy atom. The molecule has 0 spiro atoms.